The summed E-state index contributed by atoms with van der Waals surface area (Å²) in [5.74, 6) is 1.35. The van der Waals surface area contributed by atoms with Gasteiger partial charge in [0, 0.05) is 47.8 Å². The molecule has 2 aromatic carbocycles. The monoisotopic (exact) mass is 513 g/mol. The normalized spacial score (nSPS) is 18.1. The summed E-state index contributed by atoms with van der Waals surface area (Å²) in [5, 5.41) is 0. The molecule has 0 radical (unpaired) electrons. The van der Waals surface area contributed by atoms with E-state index in [-0.39, 0.29) is 17.5 Å². The molecule has 0 bridgehead atoms. The first kappa shape index (κ1) is 26.3. The van der Waals surface area contributed by atoms with Crippen molar-refractivity contribution in [3.05, 3.63) is 81.2 Å². The quantitative estimate of drug-likeness (QED) is 0.377. The molecule has 0 spiro atoms. The second kappa shape index (κ2) is 11.2. The average Bonchev–Trinajstić information content (AvgIpc) is 2.88. The summed E-state index contributed by atoms with van der Waals surface area (Å²) in [6.07, 6.45) is 5.58. The Morgan fingerprint density at radius 1 is 0.789 bits per heavy atom. The van der Waals surface area contributed by atoms with E-state index < -0.39 is 0 Å². The van der Waals surface area contributed by atoms with E-state index in [4.69, 9.17) is 9.47 Å². The standard InChI is InChI=1S/C33H39NO4/c1-5-15-34-25-9-7-11-27(35)32(25)31(33-26(34)10-8-12-28(33)36)24-13-14-29(30(19-24)37-6-2)38-20-23-17-21(3)16-22(4)18-23/h13-14,16-19,31H,5-12,15,20H2,1-4H3. The first-order valence-electron chi connectivity index (χ1n) is 14.2. The summed E-state index contributed by atoms with van der Waals surface area (Å²) >= 11 is 0. The van der Waals surface area contributed by atoms with E-state index in [2.05, 4.69) is 43.9 Å². The van der Waals surface area contributed by atoms with Crippen LogP contribution in [0.25, 0.3) is 0 Å². The molecule has 0 N–H and O–H groups in total. The van der Waals surface area contributed by atoms with Gasteiger partial charge in [-0.1, -0.05) is 42.3 Å². The molecule has 0 saturated heterocycles. The fraction of sp³-hybridized carbons (Fsp3) is 0.455. The number of nitrogens with zero attached hydrogens (tertiary/aromatic N) is 1. The molecular formula is C33H39NO4. The molecule has 38 heavy (non-hydrogen) atoms. The summed E-state index contributed by atoms with van der Waals surface area (Å²) < 4.78 is 12.3. The van der Waals surface area contributed by atoms with E-state index in [0.29, 0.717) is 37.6 Å². The molecule has 1 aliphatic heterocycles. The Hall–Kier alpha value is -3.34. The van der Waals surface area contributed by atoms with Crippen molar-refractivity contribution in [2.24, 2.45) is 0 Å². The molecule has 0 atom stereocenters. The lowest BCUT2D eigenvalue weighted by molar-refractivity contribution is -0.117. The minimum Gasteiger partial charge on any atom is -0.490 e. The number of carbonyl (C=O) groups excluding carboxylic acids is 2. The average molecular weight is 514 g/mol. The highest BCUT2D eigenvalue weighted by molar-refractivity contribution is 6.06. The number of ketones is 2. The van der Waals surface area contributed by atoms with Crippen LogP contribution in [0.2, 0.25) is 0 Å². The van der Waals surface area contributed by atoms with Crippen molar-refractivity contribution in [3.8, 4) is 11.5 Å². The van der Waals surface area contributed by atoms with Crippen LogP contribution in [0.1, 0.15) is 87.0 Å². The summed E-state index contributed by atoms with van der Waals surface area (Å²) in [6, 6.07) is 12.4. The molecule has 3 aliphatic rings. The predicted molar refractivity (Wildman–Crippen MR) is 149 cm³/mol. The number of ether oxygens (including phenoxy) is 2. The largest absolute Gasteiger partial charge is 0.490 e. The smallest absolute Gasteiger partial charge is 0.161 e. The number of benzene rings is 2. The Bertz CT molecular complexity index is 1250. The van der Waals surface area contributed by atoms with Gasteiger partial charge in [0.25, 0.3) is 0 Å². The number of hydrogen-bond donors (Lipinski definition) is 0. The summed E-state index contributed by atoms with van der Waals surface area (Å²) in [4.78, 5) is 29.2. The fourth-order valence-electron chi connectivity index (χ4n) is 6.45. The number of hydrogen-bond acceptors (Lipinski definition) is 5. The highest BCUT2D eigenvalue weighted by Gasteiger charge is 2.43. The van der Waals surface area contributed by atoms with Gasteiger partial charge in [0.15, 0.2) is 23.1 Å². The minimum absolute atomic E-state index is 0.176. The molecule has 200 valence electrons. The van der Waals surface area contributed by atoms with Gasteiger partial charge in [0.1, 0.15) is 6.61 Å². The molecule has 0 amide bonds. The van der Waals surface area contributed by atoms with E-state index in [9.17, 15) is 9.59 Å². The summed E-state index contributed by atoms with van der Waals surface area (Å²) in [7, 11) is 0. The Kier molecular flexibility index (Phi) is 7.73. The zero-order chi connectivity index (χ0) is 26.8. The zero-order valence-electron chi connectivity index (χ0n) is 23.2. The number of allylic oxidation sites excluding steroid dienone is 4. The summed E-state index contributed by atoms with van der Waals surface area (Å²) in [5.41, 5.74) is 8.39. The second-order valence-corrected chi connectivity index (χ2v) is 10.8. The van der Waals surface area contributed by atoms with Gasteiger partial charge in [0.2, 0.25) is 0 Å². The van der Waals surface area contributed by atoms with Gasteiger partial charge >= 0.3 is 0 Å². The van der Waals surface area contributed by atoms with Gasteiger partial charge in [-0.2, -0.15) is 0 Å². The SMILES string of the molecule is CCCN1C2=C(C(=O)CCC2)C(c2ccc(OCc3cc(C)cc(C)c3)c(OCC)c2)C2=C1CCCC2=O. The molecule has 5 nitrogen and oxygen atoms in total. The third kappa shape index (κ3) is 5.03. The molecule has 0 saturated carbocycles. The van der Waals surface area contributed by atoms with Crippen molar-refractivity contribution in [2.75, 3.05) is 13.2 Å². The molecule has 2 aliphatic carbocycles. The molecule has 0 unspecified atom stereocenters. The van der Waals surface area contributed by atoms with Crippen molar-refractivity contribution in [3.63, 3.8) is 0 Å². The lowest BCUT2D eigenvalue weighted by Gasteiger charge is -2.44. The van der Waals surface area contributed by atoms with Gasteiger partial charge in [-0.3, -0.25) is 9.59 Å². The van der Waals surface area contributed by atoms with E-state index in [1.54, 1.807) is 0 Å². The van der Waals surface area contributed by atoms with Crippen LogP contribution in [0.5, 0.6) is 11.5 Å². The third-order valence-corrected chi connectivity index (χ3v) is 7.81. The lowest BCUT2D eigenvalue weighted by atomic mass is 9.71. The number of aryl methyl sites for hydroxylation is 2. The van der Waals surface area contributed by atoms with Crippen molar-refractivity contribution >= 4 is 11.6 Å². The summed E-state index contributed by atoms with van der Waals surface area (Å²) in [6.45, 7) is 10.1. The van der Waals surface area contributed by atoms with Crippen LogP contribution < -0.4 is 9.47 Å². The molecule has 0 fully saturated rings. The van der Waals surface area contributed by atoms with E-state index in [1.165, 1.54) is 11.1 Å². The molecule has 0 aromatic heterocycles. The lowest BCUT2D eigenvalue weighted by Crippen LogP contribution is -2.39. The number of carbonyl (C=O) groups is 2. The minimum atomic E-state index is -0.332. The molecular weight excluding hydrogens is 474 g/mol. The number of rotatable bonds is 8. The Morgan fingerprint density at radius 3 is 2.00 bits per heavy atom. The first-order chi connectivity index (χ1) is 18.4. The number of Topliss-reactive ketones (excluding diaryl/α,β-unsaturated/α-hetero) is 2. The van der Waals surface area contributed by atoms with Gasteiger partial charge in [-0.15, -0.1) is 0 Å². The van der Waals surface area contributed by atoms with Crippen LogP contribution in [0, 0.1) is 13.8 Å². The van der Waals surface area contributed by atoms with Crippen LogP contribution in [0.15, 0.2) is 58.9 Å². The Labute approximate surface area is 226 Å². The van der Waals surface area contributed by atoms with E-state index in [1.807, 2.05) is 25.1 Å². The van der Waals surface area contributed by atoms with Crippen molar-refractivity contribution in [1.82, 2.24) is 4.90 Å². The van der Waals surface area contributed by atoms with Crippen LogP contribution in [0.3, 0.4) is 0 Å². The van der Waals surface area contributed by atoms with Crippen LogP contribution >= 0.6 is 0 Å². The third-order valence-electron chi connectivity index (χ3n) is 7.81. The zero-order valence-corrected chi connectivity index (χ0v) is 23.2. The van der Waals surface area contributed by atoms with Gasteiger partial charge in [0.05, 0.1) is 6.61 Å². The van der Waals surface area contributed by atoms with Crippen LogP contribution in [-0.2, 0) is 16.2 Å². The molecule has 5 rings (SSSR count). The van der Waals surface area contributed by atoms with Crippen molar-refractivity contribution in [1.29, 1.82) is 0 Å². The maximum Gasteiger partial charge on any atom is 0.161 e. The maximum absolute atomic E-state index is 13.5. The topological polar surface area (TPSA) is 55.8 Å². The van der Waals surface area contributed by atoms with Gasteiger partial charge in [-0.05, 0) is 76.1 Å². The predicted octanol–water partition coefficient (Wildman–Crippen LogP) is 7.10. The fourth-order valence-corrected chi connectivity index (χ4v) is 6.45. The highest BCUT2D eigenvalue weighted by Crippen LogP contribution is 2.50. The van der Waals surface area contributed by atoms with E-state index >= 15 is 0 Å². The highest BCUT2D eigenvalue weighted by atomic mass is 16.5. The maximum atomic E-state index is 13.5. The van der Waals surface area contributed by atoms with Crippen LogP contribution in [0.4, 0.5) is 0 Å². The molecule has 1 heterocycles. The second-order valence-electron chi connectivity index (χ2n) is 10.8. The Morgan fingerprint density at radius 2 is 1.42 bits per heavy atom. The first-order valence-corrected chi connectivity index (χ1v) is 14.2. The van der Waals surface area contributed by atoms with Crippen LogP contribution in [-0.4, -0.2) is 29.6 Å². The van der Waals surface area contributed by atoms with Crippen molar-refractivity contribution in [2.45, 2.75) is 85.2 Å². The Balaban J connectivity index is 1.56. The van der Waals surface area contributed by atoms with Gasteiger partial charge < -0.3 is 14.4 Å². The van der Waals surface area contributed by atoms with E-state index in [0.717, 1.165) is 72.3 Å². The van der Waals surface area contributed by atoms with Gasteiger partial charge in [-0.25, -0.2) is 0 Å². The molecule has 5 heteroatoms. The molecule has 2 aromatic rings. The van der Waals surface area contributed by atoms with Crippen molar-refractivity contribution < 1.29 is 19.1 Å².